The molecule has 14 heavy (non-hydrogen) atoms. The highest BCUT2D eigenvalue weighted by molar-refractivity contribution is 5.07. The molecule has 0 unspecified atom stereocenters. The van der Waals surface area contributed by atoms with Crippen molar-refractivity contribution in [3.05, 3.63) is 60.8 Å². The van der Waals surface area contributed by atoms with Crippen molar-refractivity contribution in [2.75, 3.05) is 0 Å². The molecule has 1 radical (unpaired) electrons. The molecule has 0 fully saturated rings. The molecule has 1 aliphatic rings. The fraction of sp³-hybridized carbons (Fsp3) is 0.286. The topological polar surface area (TPSA) is 0 Å². The highest BCUT2D eigenvalue weighted by Gasteiger charge is 1.77. The lowest BCUT2D eigenvalue weighted by molar-refractivity contribution is 1.03. The molecule has 0 spiro atoms. The van der Waals surface area contributed by atoms with E-state index in [0.29, 0.717) is 0 Å². The standard InChI is InChI=1S/C14H17/c1-2-4-6-8-10-12-14-13-11-9-7-5-3-1/h1-4,7,9,12-14H,5-6,8,11H2/b3-1+,4-2-,9-7+,12-10?,14-13-. The van der Waals surface area contributed by atoms with Crippen LogP contribution in [0.4, 0.5) is 0 Å². The predicted octanol–water partition coefficient (Wildman–Crippen LogP) is 4.14. The zero-order chi connectivity index (χ0) is 9.90. The summed E-state index contributed by atoms with van der Waals surface area (Å²) in [7, 11) is 0. The molecule has 0 saturated heterocycles. The van der Waals surface area contributed by atoms with Crippen LogP contribution in [0.25, 0.3) is 0 Å². The monoisotopic (exact) mass is 185 g/mol. The van der Waals surface area contributed by atoms with E-state index in [1.54, 1.807) is 0 Å². The van der Waals surface area contributed by atoms with E-state index in [-0.39, 0.29) is 0 Å². The Morgan fingerprint density at radius 2 is 1.43 bits per heavy atom. The Hall–Kier alpha value is -1.30. The van der Waals surface area contributed by atoms with Gasteiger partial charge in [-0.25, -0.2) is 0 Å². The maximum absolute atomic E-state index is 3.23. The quantitative estimate of drug-likeness (QED) is 0.497. The fourth-order valence-corrected chi connectivity index (χ4v) is 1.15. The lowest BCUT2D eigenvalue weighted by Gasteiger charge is -1.86. The highest BCUT2D eigenvalue weighted by atomic mass is 13.8. The van der Waals surface area contributed by atoms with Crippen LogP contribution < -0.4 is 0 Å². The largest absolute Gasteiger partial charge is 0.0844 e. The summed E-state index contributed by atoms with van der Waals surface area (Å²) in [5.74, 6) is 0. The SMILES string of the molecule is [C]1=C/C=C\C/C=C/C/C=C/C=C\CC/1. The van der Waals surface area contributed by atoms with Crippen molar-refractivity contribution >= 4 is 0 Å². The minimum Gasteiger partial charge on any atom is -0.0844 e. The third kappa shape index (κ3) is 6.24. The van der Waals surface area contributed by atoms with E-state index in [0.717, 1.165) is 25.7 Å². The predicted molar refractivity (Wildman–Crippen MR) is 62.8 cm³/mol. The van der Waals surface area contributed by atoms with Gasteiger partial charge in [0.15, 0.2) is 0 Å². The number of allylic oxidation sites excluding steroid dienone is 10. The molecule has 0 N–H and O–H groups in total. The summed E-state index contributed by atoms with van der Waals surface area (Å²) < 4.78 is 0. The van der Waals surface area contributed by atoms with Crippen molar-refractivity contribution in [3.8, 4) is 0 Å². The van der Waals surface area contributed by atoms with E-state index in [1.807, 2.05) is 6.08 Å². The Kier molecular flexibility index (Phi) is 6.39. The van der Waals surface area contributed by atoms with Gasteiger partial charge in [0.2, 0.25) is 0 Å². The van der Waals surface area contributed by atoms with Crippen molar-refractivity contribution in [3.63, 3.8) is 0 Å². The second-order valence-corrected chi connectivity index (χ2v) is 3.14. The number of hydrogen-bond donors (Lipinski definition) is 0. The lowest BCUT2D eigenvalue weighted by atomic mass is 10.2. The second-order valence-electron chi connectivity index (χ2n) is 3.14. The van der Waals surface area contributed by atoms with Gasteiger partial charge in [0.05, 0.1) is 0 Å². The van der Waals surface area contributed by atoms with E-state index < -0.39 is 0 Å². The number of rotatable bonds is 0. The molecule has 0 aromatic carbocycles. The van der Waals surface area contributed by atoms with Gasteiger partial charge in [-0.1, -0.05) is 54.7 Å². The van der Waals surface area contributed by atoms with Crippen molar-refractivity contribution in [1.82, 2.24) is 0 Å². The molecule has 0 aromatic rings. The molecular formula is C14H17. The highest BCUT2D eigenvalue weighted by Crippen LogP contribution is 1.96. The van der Waals surface area contributed by atoms with E-state index in [4.69, 9.17) is 0 Å². The smallest absolute Gasteiger partial charge is 0.0166 e. The Bertz CT molecular complexity index is 234. The lowest BCUT2D eigenvalue weighted by Crippen LogP contribution is -1.66. The summed E-state index contributed by atoms with van der Waals surface area (Å²) in [6.45, 7) is 0. The average Bonchev–Trinajstić information content (AvgIpc) is 2.22. The van der Waals surface area contributed by atoms with Crippen molar-refractivity contribution in [1.29, 1.82) is 0 Å². The van der Waals surface area contributed by atoms with Gasteiger partial charge in [0.25, 0.3) is 0 Å². The van der Waals surface area contributed by atoms with Crippen molar-refractivity contribution in [2.24, 2.45) is 0 Å². The third-order valence-electron chi connectivity index (χ3n) is 1.90. The first kappa shape index (κ1) is 10.8. The van der Waals surface area contributed by atoms with Crippen LogP contribution in [-0.2, 0) is 0 Å². The van der Waals surface area contributed by atoms with Gasteiger partial charge < -0.3 is 0 Å². The molecule has 0 atom stereocenters. The maximum Gasteiger partial charge on any atom is -0.0166 e. The molecular weight excluding hydrogens is 168 g/mol. The van der Waals surface area contributed by atoms with E-state index in [1.165, 1.54) is 0 Å². The first-order valence-corrected chi connectivity index (χ1v) is 5.18. The first-order valence-electron chi connectivity index (χ1n) is 5.18. The van der Waals surface area contributed by atoms with E-state index >= 15 is 0 Å². The minimum absolute atomic E-state index is 1.00. The molecule has 0 nitrogen and oxygen atoms in total. The molecule has 0 heteroatoms. The third-order valence-corrected chi connectivity index (χ3v) is 1.90. The molecule has 0 aliphatic heterocycles. The molecule has 0 heterocycles. The first-order chi connectivity index (χ1) is 7.00. The van der Waals surface area contributed by atoms with Gasteiger partial charge in [-0.15, -0.1) is 0 Å². The van der Waals surface area contributed by atoms with Gasteiger partial charge in [-0.2, -0.15) is 0 Å². The Morgan fingerprint density at radius 3 is 2.29 bits per heavy atom. The minimum atomic E-state index is 1.00. The van der Waals surface area contributed by atoms with E-state index in [2.05, 4.69) is 54.7 Å². The average molecular weight is 185 g/mol. The van der Waals surface area contributed by atoms with Crippen LogP contribution in [0, 0.1) is 6.08 Å². The summed E-state index contributed by atoms with van der Waals surface area (Å²) >= 11 is 0. The van der Waals surface area contributed by atoms with Crippen LogP contribution in [0.3, 0.4) is 0 Å². The molecule has 1 rings (SSSR count). The molecule has 73 valence electrons. The van der Waals surface area contributed by atoms with Crippen LogP contribution >= 0.6 is 0 Å². The van der Waals surface area contributed by atoms with Crippen LogP contribution in [0.1, 0.15) is 25.7 Å². The summed E-state index contributed by atoms with van der Waals surface area (Å²) in [5.41, 5.74) is 0. The van der Waals surface area contributed by atoms with Crippen molar-refractivity contribution < 1.29 is 0 Å². The second kappa shape index (κ2) is 8.31. The molecule has 1 aliphatic carbocycles. The zero-order valence-electron chi connectivity index (χ0n) is 8.52. The summed E-state index contributed by atoms with van der Waals surface area (Å²) in [6.07, 6.45) is 26.5. The Balaban J connectivity index is 2.45. The van der Waals surface area contributed by atoms with Crippen LogP contribution in [0.2, 0.25) is 0 Å². The zero-order valence-corrected chi connectivity index (χ0v) is 8.52. The summed E-state index contributed by atoms with van der Waals surface area (Å²) in [4.78, 5) is 0. The van der Waals surface area contributed by atoms with Crippen molar-refractivity contribution in [2.45, 2.75) is 25.7 Å². The van der Waals surface area contributed by atoms with Gasteiger partial charge >= 0.3 is 0 Å². The molecule has 0 bridgehead atoms. The molecule has 0 aromatic heterocycles. The normalized spacial score (nSPS) is 29.7. The Labute approximate surface area is 87.0 Å². The Morgan fingerprint density at radius 1 is 0.714 bits per heavy atom. The van der Waals surface area contributed by atoms with Crippen LogP contribution in [-0.4, -0.2) is 0 Å². The van der Waals surface area contributed by atoms with Gasteiger partial charge in [-0.05, 0) is 31.8 Å². The molecule has 0 saturated carbocycles. The number of hydrogen-bond acceptors (Lipinski definition) is 0. The van der Waals surface area contributed by atoms with Gasteiger partial charge in [0, 0.05) is 0 Å². The summed E-state index contributed by atoms with van der Waals surface area (Å²) in [5, 5.41) is 0. The van der Waals surface area contributed by atoms with E-state index in [9.17, 15) is 0 Å². The fourth-order valence-electron chi connectivity index (χ4n) is 1.15. The molecule has 0 amide bonds. The maximum atomic E-state index is 3.23. The van der Waals surface area contributed by atoms with Crippen LogP contribution in [0.15, 0.2) is 54.7 Å². The van der Waals surface area contributed by atoms with Gasteiger partial charge in [0.1, 0.15) is 0 Å². The summed E-state index contributed by atoms with van der Waals surface area (Å²) in [6, 6.07) is 0. The van der Waals surface area contributed by atoms with Crippen LogP contribution in [0.5, 0.6) is 0 Å². The van der Waals surface area contributed by atoms with Gasteiger partial charge in [-0.3, -0.25) is 0 Å².